The molecule has 1 aromatic heterocycles. The van der Waals surface area contributed by atoms with Crippen LogP contribution in [0.1, 0.15) is 58.7 Å². The van der Waals surface area contributed by atoms with Crippen molar-refractivity contribution in [2.24, 2.45) is 4.99 Å². The van der Waals surface area contributed by atoms with Gasteiger partial charge in [-0.15, -0.1) is 11.3 Å². The smallest absolute Gasteiger partial charge is 0.350 e. The van der Waals surface area contributed by atoms with Crippen LogP contribution in [0.2, 0.25) is 0 Å². The van der Waals surface area contributed by atoms with Crippen LogP contribution in [0.25, 0.3) is 0 Å². The summed E-state index contributed by atoms with van der Waals surface area (Å²) in [5.74, 6) is -1.61. The lowest BCUT2D eigenvalue weighted by Gasteiger charge is -2.19. The number of aromatic nitrogens is 1. The molecular weight excluding hydrogens is 398 g/mol. The van der Waals surface area contributed by atoms with Crippen molar-refractivity contribution in [3.05, 3.63) is 51.0 Å². The molecule has 9 heteroatoms. The van der Waals surface area contributed by atoms with Crippen molar-refractivity contribution in [2.75, 3.05) is 20.2 Å². The zero-order chi connectivity index (χ0) is 21.6. The fourth-order valence-corrected chi connectivity index (χ4v) is 3.60. The molecule has 1 aromatic carbocycles. The summed E-state index contributed by atoms with van der Waals surface area (Å²) in [6.07, 6.45) is 0. The predicted molar refractivity (Wildman–Crippen MR) is 110 cm³/mol. The maximum absolute atomic E-state index is 13.4. The lowest BCUT2D eigenvalue weighted by Crippen LogP contribution is -2.40. The van der Waals surface area contributed by atoms with Crippen LogP contribution in [0.5, 0.6) is 0 Å². The van der Waals surface area contributed by atoms with E-state index in [-0.39, 0.29) is 17.9 Å². The molecule has 1 heterocycles. The van der Waals surface area contributed by atoms with E-state index in [0.717, 1.165) is 11.1 Å². The van der Waals surface area contributed by atoms with Gasteiger partial charge in [-0.3, -0.25) is 4.99 Å². The van der Waals surface area contributed by atoms with E-state index in [1.54, 1.807) is 27.0 Å². The fraction of sp³-hybridized carbons (Fsp3) is 0.450. The number of carbonyl (C=O) groups excluding carboxylic acids is 1. The van der Waals surface area contributed by atoms with Gasteiger partial charge in [-0.25, -0.2) is 18.6 Å². The van der Waals surface area contributed by atoms with Crippen LogP contribution in [0.3, 0.4) is 0 Å². The van der Waals surface area contributed by atoms with E-state index in [4.69, 9.17) is 4.74 Å². The minimum atomic E-state index is -0.860. The lowest BCUT2D eigenvalue weighted by molar-refractivity contribution is 0.0531. The highest BCUT2D eigenvalue weighted by molar-refractivity contribution is 7.13. The molecule has 0 saturated heterocycles. The average molecular weight is 425 g/mol. The van der Waals surface area contributed by atoms with Crippen LogP contribution in [0, 0.1) is 18.6 Å². The third-order valence-electron chi connectivity index (χ3n) is 4.31. The van der Waals surface area contributed by atoms with Gasteiger partial charge in [-0.05, 0) is 44.4 Å². The van der Waals surface area contributed by atoms with Crippen molar-refractivity contribution in [1.82, 2.24) is 15.6 Å². The Hall–Kier alpha value is -2.55. The monoisotopic (exact) mass is 424 g/mol. The minimum absolute atomic E-state index is 0.0588. The Labute approximate surface area is 173 Å². The molecule has 0 saturated carbocycles. The van der Waals surface area contributed by atoms with Gasteiger partial charge in [-0.2, -0.15) is 0 Å². The van der Waals surface area contributed by atoms with Crippen LogP contribution in [-0.2, 0) is 4.74 Å². The van der Waals surface area contributed by atoms with Gasteiger partial charge in [-0.1, -0.05) is 13.0 Å². The quantitative estimate of drug-likeness (QED) is 0.400. The number of nitrogens with zero attached hydrogens (tertiary/aromatic N) is 2. The summed E-state index contributed by atoms with van der Waals surface area (Å²) in [6.45, 7) is 8.14. The van der Waals surface area contributed by atoms with Gasteiger partial charge in [0.15, 0.2) is 17.6 Å². The second kappa shape index (κ2) is 10.3. The average Bonchev–Trinajstić information content (AvgIpc) is 3.09. The number of halogens is 2. The number of thiazole rings is 1. The molecule has 2 atom stereocenters. The van der Waals surface area contributed by atoms with E-state index in [2.05, 4.69) is 20.6 Å². The molecule has 2 N–H and O–H groups in total. The van der Waals surface area contributed by atoms with Gasteiger partial charge in [0.1, 0.15) is 9.88 Å². The topological polar surface area (TPSA) is 75.6 Å². The summed E-state index contributed by atoms with van der Waals surface area (Å²) in [5.41, 5.74) is 1.32. The molecule has 0 amide bonds. The number of aliphatic imine (C=N–C) groups is 1. The van der Waals surface area contributed by atoms with Crippen LogP contribution < -0.4 is 10.6 Å². The minimum Gasteiger partial charge on any atom is -0.462 e. The highest BCUT2D eigenvalue weighted by Gasteiger charge is 2.20. The summed E-state index contributed by atoms with van der Waals surface area (Å²) in [7, 11) is 1.64. The van der Waals surface area contributed by atoms with Gasteiger partial charge in [0, 0.05) is 13.6 Å². The van der Waals surface area contributed by atoms with E-state index < -0.39 is 11.6 Å². The zero-order valence-corrected chi connectivity index (χ0v) is 18.0. The summed E-state index contributed by atoms with van der Waals surface area (Å²) < 4.78 is 31.6. The van der Waals surface area contributed by atoms with Gasteiger partial charge >= 0.3 is 5.97 Å². The van der Waals surface area contributed by atoms with Gasteiger partial charge in [0.2, 0.25) is 0 Å². The number of aryl methyl sites for hydroxylation is 1. The number of ether oxygens (including phenoxy) is 1. The first kappa shape index (κ1) is 22.7. The number of guanidine groups is 1. The number of benzene rings is 1. The summed E-state index contributed by atoms with van der Waals surface area (Å²) in [4.78, 5) is 21.1. The SMILES string of the molecule is CCOC(=O)c1sc(C(C)NC(=NC)NCC(C)c2ccc(F)c(F)c2)nc1C. The number of nitrogens with one attached hydrogen (secondary N) is 2. The fourth-order valence-electron chi connectivity index (χ4n) is 2.64. The normalized spacial score (nSPS) is 13.7. The van der Waals surface area contributed by atoms with Crippen LogP contribution in [0.15, 0.2) is 23.2 Å². The van der Waals surface area contributed by atoms with Gasteiger partial charge in [0.25, 0.3) is 0 Å². The Morgan fingerprint density at radius 3 is 2.66 bits per heavy atom. The third-order valence-corrected chi connectivity index (χ3v) is 5.63. The van der Waals surface area contributed by atoms with Crippen molar-refractivity contribution >= 4 is 23.3 Å². The second-order valence-corrected chi connectivity index (χ2v) is 7.61. The van der Waals surface area contributed by atoms with E-state index >= 15 is 0 Å². The highest BCUT2D eigenvalue weighted by Crippen LogP contribution is 2.24. The Kier molecular flexibility index (Phi) is 8.07. The predicted octanol–water partition coefficient (Wildman–Crippen LogP) is 3.94. The molecule has 0 bridgehead atoms. The second-order valence-electron chi connectivity index (χ2n) is 6.58. The first-order valence-corrected chi connectivity index (χ1v) is 10.1. The maximum Gasteiger partial charge on any atom is 0.350 e. The zero-order valence-electron chi connectivity index (χ0n) is 17.2. The highest BCUT2D eigenvalue weighted by atomic mass is 32.1. The third kappa shape index (κ3) is 5.96. The molecule has 0 aliphatic carbocycles. The summed E-state index contributed by atoms with van der Waals surface area (Å²) >= 11 is 1.28. The molecule has 2 rings (SSSR count). The molecule has 2 unspecified atom stereocenters. The summed E-state index contributed by atoms with van der Waals surface area (Å²) in [6, 6.07) is 3.71. The maximum atomic E-state index is 13.4. The van der Waals surface area contributed by atoms with Crippen LogP contribution >= 0.6 is 11.3 Å². The molecular formula is C20H26F2N4O2S. The molecule has 29 heavy (non-hydrogen) atoms. The standard InChI is InChI=1S/C20H26F2N4O2S/c1-6-28-19(27)17-12(3)25-18(29-17)13(4)26-20(23-5)24-10-11(2)14-7-8-15(21)16(22)9-14/h7-9,11,13H,6,10H2,1-5H3,(H2,23,24,26). The number of hydrogen-bond acceptors (Lipinski definition) is 5. The molecule has 0 radical (unpaired) electrons. The van der Waals surface area contributed by atoms with E-state index in [1.807, 2.05) is 13.8 Å². The number of esters is 1. The van der Waals surface area contributed by atoms with Crippen LogP contribution in [-0.4, -0.2) is 37.1 Å². The number of carbonyl (C=O) groups is 1. The molecule has 0 aliphatic heterocycles. The van der Waals surface area contributed by atoms with E-state index in [0.29, 0.717) is 35.2 Å². The molecule has 0 spiro atoms. The Morgan fingerprint density at radius 2 is 2.03 bits per heavy atom. The molecule has 158 valence electrons. The molecule has 2 aromatic rings. The largest absolute Gasteiger partial charge is 0.462 e. The number of rotatable bonds is 7. The van der Waals surface area contributed by atoms with Crippen molar-refractivity contribution in [2.45, 2.75) is 39.7 Å². The van der Waals surface area contributed by atoms with E-state index in [9.17, 15) is 13.6 Å². The van der Waals surface area contributed by atoms with Gasteiger partial charge in [0.05, 0.1) is 18.3 Å². The van der Waals surface area contributed by atoms with Gasteiger partial charge < -0.3 is 15.4 Å². The Bertz CT molecular complexity index is 885. The summed E-state index contributed by atoms with van der Waals surface area (Å²) in [5, 5.41) is 7.14. The number of hydrogen-bond donors (Lipinski definition) is 2. The molecule has 0 fully saturated rings. The van der Waals surface area contributed by atoms with Crippen molar-refractivity contribution in [3.63, 3.8) is 0 Å². The van der Waals surface area contributed by atoms with Crippen molar-refractivity contribution in [1.29, 1.82) is 0 Å². The van der Waals surface area contributed by atoms with Crippen molar-refractivity contribution in [3.8, 4) is 0 Å². The Morgan fingerprint density at radius 1 is 1.31 bits per heavy atom. The lowest BCUT2D eigenvalue weighted by atomic mass is 10.0. The first-order valence-electron chi connectivity index (χ1n) is 9.33. The first-order chi connectivity index (χ1) is 13.8. The van der Waals surface area contributed by atoms with Crippen molar-refractivity contribution < 1.29 is 18.3 Å². The molecule has 0 aliphatic rings. The van der Waals surface area contributed by atoms with E-state index in [1.165, 1.54) is 17.4 Å². The molecule has 6 nitrogen and oxygen atoms in total. The van der Waals surface area contributed by atoms with Crippen LogP contribution in [0.4, 0.5) is 8.78 Å². The Balaban J connectivity index is 1.98.